The number of amides is 1. The molecule has 1 N–H and O–H groups in total. The Morgan fingerprint density at radius 2 is 2.14 bits per heavy atom. The summed E-state index contributed by atoms with van der Waals surface area (Å²) in [6.07, 6.45) is 1.43. The second-order valence-electron chi connectivity index (χ2n) is 4.13. The molecule has 1 amide bonds. The Morgan fingerprint density at radius 3 is 3.00 bits per heavy atom. The van der Waals surface area contributed by atoms with Gasteiger partial charge in [0.25, 0.3) is 5.91 Å². The highest BCUT2D eigenvalue weighted by Crippen LogP contribution is 2.25. The van der Waals surface area contributed by atoms with E-state index in [1.165, 1.54) is 17.7 Å². The molecule has 1 aromatic carbocycles. The van der Waals surface area contributed by atoms with E-state index in [1.54, 1.807) is 0 Å². The van der Waals surface area contributed by atoms with E-state index < -0.39 is 0 Å². The molecule has 0 atom stereocenters. The van der Waals surface area contributed by atoms with Gasteiger partial charge in [-0.05, 0) is 39.5 Å². The van der Waals surface area contributed by atoms with E-state index in [0.717, 1.165) is 14.7 Å². The van der Waals surface area contributed by atoms with Gasteiger partial charge in [-0.25, -0.2) is 9.97 Å². The van der Waals surface area contributed by atoms with Crippen LogP contribution in [0.15, 0.2) is 46.5 Å². The van der Waals surface area contributed by atoms with Crippen molar-refractivity contribution in [2.24, 2.45) is 0 Å². The molecule has 21 heavy (non-hydrogen) atoms. The normalized spacial score (nSPS) is 10.5. The van der Waals surface area contributed by atoms with Crippen LogP contribution in [0.2, 0.25) is 0 Å². The number of hydrogen-bond donors (Lipinski definition) is 1. The zero-order valence-electron chi connectivity index (χ0n) is 10.7. The molecule has 0 fully saturated rings. The van der Waals surface area contributed by atoms with Crippen LogP contribution in [0.4, 0.5) is 5.69 Å². The standard InChI is InChI=1S/C14H10BrN3O2S/c15-10-3-1-2-4-11(10)18-12(19)7-20-13-9-5-6-21-14(9)17-8-16-13/h1-6,8H,7H2,(H,18,19). The van der Waals surface area contributed by atoms with Crippen LogP contribution in [0, 0.1) is 0 Å². The molecule has 0 bridgehead atoms. The van der Waals surface area contributed by atoms with E-state index in [0.29, 0.717) is 11.6 Å². The monoisotopic (exact) mass is 363 g/mol. The fraction of sp³-hybridized carbons (Fsp3) is 0.0714. The summed E-state index contributed by atoms with van der Waals surface area (Å²) in [6, 6.07) is 9.27. The fourth-order valence-electron chi connectivity index (χ4n) is 1.77. The van der Waals surface area contributed by atoms with Crippen LogP contribution < -0.4 is 10.1 Å². The number of nitrogens with zero attached hydrogens (tertiary/aromatic N) is 2. The smallest absolute Gasteiger partial charge is 0.262 e. The van der Waals surface area contributed by atoms with Gasteiger partial charge in [-0.1, -0.05) is 12.1 Å². The number of rotatable bonds is 4. The Morgan fingerprint density at radius 1 is 1.29 bits per heavy atom. The SMILES string of the molecule is O=C(COc1ncnc2sccc12)Nc1ccccc1Br. The average Bonchev–Trinajstić information content (AvgIpc) is 2.96. The molecule has 2 heterocycles. The van der Waals surface area contributed by atoms with Crippen molar-refractivity contribution in [2.45, 2.75) is 0 Å². The number of halogens is 1. The molecule has 2 aromatic heterocycles. The Hall–Kier alpha value is -1.99. The number of para-hydroxylation sites is 1. The van der Waals surface area contributed by atoms with Gasteiger partial charge >= 0.3 is 0 Å². The zero-order chi connectivity index (χ0) is 14.7. The molecule has 106 valence electrons. The highest BCUT2D eigenvalue weighted by molar-refractivity contribution is 9.10. The summed E-state index contributed by atoms with van der Waals surface area (Å²) in [5.74, 6) is 0.174. The Kier molecular flexibility index (Phi) is 4.12. The number of anilines is 1. The quantitative estimate of drug-likeness (QED) is 0.770. The predicted molar refractivity (Wildman–Crippen MR) is 85.7 cm³/mol. The molecule has 7 heteroatoms. The molecule has 0 radical (unpaired) electrons. The summed E-state index contributed by atoms with van der Waals surface area (Å²) < 4.78 is 6.30. The number of fused-ring (bicyclic) bond motifs is 1. The molecule has 0 spiro atoms. The highest BCUT2D eigenvalue weighted by atomic mass is 79.9. The van der Waals surface area contributed by atoms with Gasteiger partial charge in [-0.15, -0.1) is 11.3 Å². The molecule has 0 aliphatic rings. The van der Waals surface area contributed by atoms with Gasteiger partial charge in [0, 0.05) is 4.47 Å². The van der Waals surface area contributed by atoms with Gasteiger partial charge in [0.1, 0.15) is 11.2 Å². The number of hydrogen-bond acceptors (Lipinski definition) is 5. The molecule has 0 saturated carbocycles. The van der Waals surface area contributed by atoms with Crippen molar-refractivity contribution < 1.29 is 9.53 Å². The summed E-state index contributed by atoms with van der Waals surface area (Å²) in [5.41, 5.74) is 0.703. The molecular formula is C14H10BrN3O2S. The summed E-state index contributed by atoms with van der Waals surface area (Å²) in [5, 5.41) is 5.50. The molecule has 0 saturated heterocycles. The van der Waals surface area contributed by atoms with Gasteiger partial charge in [0.05, 0.1) is 11.1 Å². The first-order valence-corrected chi connectivity index (χ1v) is 7.76. The number of benzene rings is 1. The molecule has 3 rings (SSSR count). The third-order valence-electron chi connectivity index (χ3n) is 2.71. The van der Waals surface area contributed by atoms with Crippen molar-refractivity contribution >= 4 is 49.1 Å². The minimum absolute atomic E-state index is 0.108. The maximum Gasteiger partial charge on any atom is 0.262 e. The summed E-state index contributed by atoms with van der Waals surface area (Å²) in [7, 11) is 0. The minimum Gasteiger partial charge on any atom is -0.467 e. The van der Waals surface area contributed by atoms with E-state index in [4.69, 9.17) is 4.74 Å². The summed E-state index contributed by atoms with van der Waals surface area (Å²) in [4.78, 5) is 20.9. The molecule has 3 aromatic rings. The van der Waals surface area contributed by atoms with Crippen molar-refractivity contribution in [1.82, 2.24) is 9.97 Å². The van der Waals surface area contributed by atoms with E-state index in [-0.39, 0.29) is 12.5 Å². The highest BCUT2D eigenvalue weighted by Gasteiger charge is 2.09. The van der Waals surface area contributed by atoms with E-state index in [9.17, 15) is 4.79 Å². The number of carbonyl (C=O) groups is 1. The molecule has 5 nitrogen and oxygen atoms in total. The number of aromatic nitrogens is 2. The van der Waals surface area contributed by atoms with Crippen molar-refractivity contribution in [2.75, 3.05) is 11.9 Å². The van der Waals surface area contributed by atoms with Crippen molar-refractivity contribution in [3.05, 3.63) is 46.5 Å². The lowest BCUT2D eigenvalue weighted by Crippen LogP contribution is -2.20. The third kappa shape index (κ3) is 3.20. The number of ether oxygens (including phenoxy) is 1. The van der Waals surface area contributed by atoms with Gasteiger partial charge in [0.15, 0.2) is 6.61 Å². The summed E-state index contributed by atoms with van der Waals surface area (Å²) in [6.45, 7) is -0.108. The van der Waals surface area contributed by atoms with Crippen LogP contribution in [-0.2, 0) is 4.79 Å². The fourth-order valence-corrected chi connectivity index (χ4v) is 2.87. The van der Waals surface area contributed by atoms with E-state index in [1.807, 2.05) is 35.7 Å². The van der Waals surface area contributed by atoms with Crippen LogP contribution in [-0.4, -0.2) is 22.5 Å². The topological polar surface area (TPSA) is 64.1 Å². The first-order valence-electron chi connectivity index (χ1n) is 6.09. The summed E-state index contributed by atoms with van der Waals surface area (Å²) >= 11 is 4.88. The van der Waals surface area contributed by atoms with Crippen LogP contribution in [0.25, 0.3) is 10.2 Å². The largest absolute Gasteiger partial charge is 0.467 e. The number of thiophene rings is 1. The van der Waals surface area contributed by atoms with Crippen LogP contribution in [0.1, 0.15) is 0 Å². The van der Waals surface area contributed by atoms with Crippen molar-refractivity contribution in [3.8, 4) is 5.88 Å². The average molecular weight is 364 g/mol. The van der Waals surface area contributed by atoms with Crippen molar-refractivity contribution in [3.63, 3.8) is 0 Å². The van der Waals surface area contributed by atoms with Crippen LogP contribution in [0.3, 0.4) is 0 Å². The first kappa shape index (κ1) is 14.0. The second kappa shape index (κ2) is 6.19. The van der Waals surface area contributed by atoms with Crippen LogP contribution in [0.5, 0.6) is 5.88 Å². The Labute approximate surface area is 133 Å². The maximum atomic E-state index is 11.9. The number of carbonyl (C=O) groups excluding carboxylic acids is 1. The Bertz CT molecular complexity index is 790. The van der Waals surface area contributed by atoms with Gasteiger partial charge in [-0.3, -0.25) is 4.79 Å². The van der Waals surface area contributed by atoms with Gasteiger partial charge in [-0.2, -0.15) is 0 Å². The first-order chi connectivity index (χ1) is 10.2. The lowest BCUT2D eigenvalue weighted by molar-refractivity contribution is -0.118. The molecular weight excluding hydrogens is 354 g/mol. The number of nitrogens with one attached hydrogen (secondary N) is 1. The lowest BCUT2D eigenvalue weighted by atomic mass is 10.3. The Balaban J connectivity index is 1.66. The second-order valence-corrected chi connectivity index (χ2v) is 5.88. The molecule has 0 unspecified atom stereocenters. The minimum atomic E-state index is -0.246. The molecule has 0 aliphatic carbocycles. The third-order valence-corrected chi connectivity index (χ3v) is 4.23. The van der Waals surface area contributed by atoms with E-state index in [2.05, 4.69) is 31.2 Å². The lowest BCUT2D eigenvalue weighted by Gasteiger charge is -2.08. The zero-order valence-corrected chi connectivity index (χ0v) is 13.1. The van der Waals surface area contributed by atoms with E-state index >= 15 is 0 Å². The van der Waals surface area contributed by atoms with Gasteiger partial charge in [0.2, 0.25) is 5.88 Å². The van der Waals surface area contributed by atoms with Gasteiger partial charge < -0.3 is 10.1 Å². The molecule has 0 aliphatic heterocycles. The van der Waals surface area contributed by atoms with Crippen molar-refractivity contribution in [1.29, 1.82) is 0 Å². The maximum absolute atomic E-state index is 11.9. The predicted octanol–water partition coefficient (Wildman–Crippen LogP) is 3.47. The van der Waals surface area contributed by atoms with Crippen LogP contribution >= 0.6 is 27.3 Å².